The zero-order valence-electron chi connectivity index (χ0n) is 14.0. The van der Waals surface area contributed by atoms with E-state index in [1.165, 1.54) is 12.8 Å². The Balaban J connectivity index is 1.68. The summed E-state index contributed by atoms with van der Waals surface area (Å²) in [5.41, 5.74) is 2.99. The van der Waals surface area contributed by atoms with Crippen LogP contribution in [0.1, 0.15) is 47.6 Å². The van der Waals surface area contributed by atoms with E-state index < -0.39 is 0 Å². The number of carbonyl (C=O) groups excluding carboxylic acids is 1. The summed E-state index contributed by atoms with van der Waals surface area (Å²) < 4.78 is 13.4. The summed E-state index contributed by atoms with van der Waals surface area (Å²) in [4.78, 5) is 12.5. The monoisotopic (exact) mass is 313 g/mol. The van der Waals surface area contributed by atoms with Gasteiger partial charge < -0.3 is 14.0 Å². The molecular weight excluding hydrogens is 290 g/mol. The first-order valence-electron chi connectivity index (χ1n) is 8.17. The van der Waals surface area contributed by atoms with Crippen LogP contribution in [0.15, 0.2) is 30.3 Å². The molecule has 1 aliphatic carbocycles. The molecule has 0 amide bonds. The van der Waals surface area contributed by atoms with Crippen molar-refractivity contribution in [3.63, 3.8) is 0 Å². The van der Waals surface area contributed by atoms with Crippen molar-refractivity contribution in [3.8, 4) is 11.5 Å². The SMILES string of the molecule is CCOc1cccc(OCC(=O)c2cc(C)n(C3CC3)c2C)c1. The summed E-state index contributed by atoms with van der Waals surface area (Å²) >= 11 is 0. The maximum atomic E-state index is 12.5. The Morgan fingerprint density at radius 1 is 1.17 bits per heavy atom. The second-order valence-corrected chi connectivity index (χ2v) is 6.01. The summed E-state index contributed by atoms with van der Waals surface area (Å²) in [7, 11) is 0. The van der Waals surface area contributed by atoms with Crippen LogP contribution in [0.5, 0.6) is 11.5 Å². The molecule has 2 aromatic rings. The Morgan fingerprint density at radius 3 is 2.52 bits per heavy atom. The van der Waals surface area contributed by atoms with Gasteiger partial charge in [-0.25, -0.2) is 0 Å². The van der Waals surface area contributed by atoms with Crippen molar-refractivity contribution in [1.82, 2.24) is 4.57 Å². The minimum Gasteiger partial charge on any atom is -0.494 e. The summed E-state index contributed by atoms with van der Waals surface area (Å²) in [6, 6.07) is 9.95. The fourth-order valence-electron chi connectivity index (χ4n) is 3.00. The molecule has 1 aliphatic rings. The summed E-state index contributed by atoms with van der Waals surface area (Å²) in [5, 5.41) is 0. The van der Waals surface area contributed by atoms with Gasteiger partial charge in [-0.3, -0.25) is 4.79 Å². The van der Waals surface area contributed by atoms with Crippen molar-refractivity contribution in [1.29, 1.82) is 0 Å². The number of carbonyl (C=O) groups is 1. The molecule has 0 radical (unpaired) electrons. The molecule has 3 rings (SSSR count). The Morgan fingerprint density at radius 2 is 1.87 bits per heavy atom. The molecule has 0 saturated heterocycles. The molecule has 1 fully saturated rings. The average molecular weight is 313 g/mol. The highest BCUT2D eigenvalue weighted by Gasteiger charge is 2.28. The highest BCUT2D eigenvalue weighted by molar-refractivity contribution is 5.98. The Bertz CT molecular complexity index is 713. The van der Waals surface area contributed by atoms with E-state index in [0.29, 0.717) is 18.4 Å². The van der Waals surface area contributed by atoms with Crippen LogP contribution in [0.2, 0.25) is 0 Å². The number of ether oxygens (including phenoxy) is 2. The van der Waals surface area contributed by atoms with Crippen LogP contribution >= 0.6 is 0 Å². The van der Waals surface area contributed by atoms with Gasteiger partial charge in [-0.2, -0.15) is 0 Å². The average Bonchev–Trinajstić information content (AvgIpc) is 3.31. The highest BCUT2D eigenvalue weighted by atomic mass is 16.5. The van der Waals surface area contributed by atoms with Crippen molar-refractivity contribution in [2.45, 2.75) is 39.7 Å². The second-order valence-electron chi connectivity index (χ2n) is 6.01. The molecule has 0 unspecified atom stereocenters. The molecular formula is C19H23NO3. The normalized spacial score (nSPS) is 13.9. The van der Waals surface area contributed by atoms with Gasteiger partial charge in [0.1, 0.15) is 11.5 Å². The van der Waals surface area contributed by atoms with E-state index >= 15 is 0 Å². The number of Topliss-reactive ketones (excluding diaryl/α,β-unsaturated/α-hetero) is 1. The van der Waals surface area contributed by atoms with Gasteiger partial charge in [0, 0.05) is 29.1 Å². The molecule has 122 valence electrons. The Kier molecular flexibility index (Phi) is 4.42. The van der Waals surface area contributed by atoms with Crippen LogP contribution in [-0.4, -0.2) is 23.6 Å². The Labute approximate surface area is 137 Å². The molecule has 4 nitrogen and oxygen atoms in total. The molecule has 1 aromatic heterocycles. The summed E-state index contributed by atoms with van der Waals surface area (Å²) in [6.45, 7) is 6.68. The molecule has 1 aromatic carbocycles. The first-order valence-corrected chi connectivity index (χ1v) is 8.17. The number of hydrogen-bond acceptors (Lipinski definition) is 3. The van der Waals surface area contributed by atoms with Crippen molar-refractivity contribution >= 4 is 5.78 Å². The molecule has 0 atom stereocenters. The van der Waals surface area contributed by atoms with Crippen molar-refractivity contribution in [3.05, 3.63) is 47.3 Å². The number of hydrogen-bond donors (Lipinski definition) is 0. The molecule has 23 heavy (non-hydrogen) atoms. The van der Waals surface area contributed by atoms with Gasteiger partial charge in [0.25, 0.3) is 0 Å². The Hall–Kier alpha value is -2.23. The lowest BCUT2D eigenvalue weighted by Gasteiger charge is -2.09. The smallest absolute Gasteiger partial charge is 0.202 e. The van der Waals surface area contributed by atoms with Crippen molar-refractivity contribution in [2.24, 2.45) is 0 Å². The van der Waals surface area contributed by atoms with Crippen LogP contribution in [0.25, 0.3) is 0 Å². The zero-order chi connectivity index (χ0) is 16.4. The lowest BCUT2D eigenvalue weighted by atomic mass is 10.1. The maximum absolute atomic E-state index is 12.5. The van der Waals surface area contributed by atoms with Crippen LogP contribution in [0, 0.1) is 13.8 Å². The predicted molar refractivity (Wildman–Crippen MR) is 89.6 cm³/mol. The van der Waals surface area contributed by atoms with Crippen molar-refractivity contribution in [2.75, 3.05) is 13.2 Å². The number of aromatic nitrogens is 1. The molecule has 0 aliphatic heterocycles. The molecule has 0 N–H and O–H groups in total. The third-order valence-electron chi connectivity index (χ3n) is 4.18. The second kappa shape index (κ2) is 6.49. The molecule has 1 heterocycles. The van der Waals surface area contributed by atoms with Gasteiger partial charge in [0.2, 0.25) is 5.78 Å². The minimum atomic E-state index is 0.0202. The minimum absolute atomic E-state index is 0.0202. The van der Waals surface area contributed by atoms with Crippen LogP contribution in [0.4, 0.5) is 0 Å². The third kappa shape index (κ3) is 3.41. The number of benzene rings is 1. The topological polar surface area (TPSA) is 40.5 Å². The number of ketones is 1. The molecule has 1 saturated carbocycles. The first kappa shape index (κ1) is 15.7. The highest BCUT2D eigenvalue weighted by Crippen LogP contribution is 2.38. The lowest BCUT2D eigenvalue weighted by molar-refractivity contribution is 0.0920. The van der Waals surface area contributed by atoms with E-state index in [9.17, 15) is 4.79 Å². The number of aryl methyl sites for hydroxylation is 1. The van der Waals surface area contributed by atoms with Gasteiger partial charge in [-0.05, 0) is 51.8 Å². The third-order valence-corrected chi connectivity index (χ3v) is 4.18. The van der Waals surface area contributed by atoms with Crippen LogP contribution in [0.3, 0.4) is 0 Å². The van der Waals surface area contributed by atoms with Crippen LogP contribution in [-0.2, 0) is 0 Å². The largest absolute Gasteiger partial charge is 0.494 e. The van der Waals surface area contributed by atoms with E-state index in [4.69, 9.17) is 9.47 Å². The lowest BCUT2D eigenvalue weighted by Crippen LogP contribution is -2.13. The molecule has 0 spiro atoms. The number of rotatable bonds is 7. The summed E-state index contributed by atoms with van der Waals surface area (Å²) in [5.74, 6) is 1.43. The maximum Gasteiger partial charge on any atom is 0.202 e. The van der Waals surface area contributed by atoms with E-state index in [1.807, 2.05) is 44.2 Å². The van der Waals surface area contributed by atoms with Gasteiger partial charge in [-0.15, -0.1) is 0 Å². The van der Waals surface area contributed by atoms with E-state index in [2.05, 4.69) is 11.5 Å². The van der Waals surface area contributed by atoms with Crippen LogP contribution < -0.4 is 9.47 Å². The quantitative estimate of drug-likeness (QED) is 0.723. The van der Waals surface area contributed by atoms with Gasteiger partial charge in [0.05, 0.1) is 6.61 Å². The van der Waals surface area contributed by atoms with Gasteiger partial charge in [-0.1, -0.05) is 6.07 Å². The van der Waals surface area contributed by atoms with E-state index in [-0.39, 0.29) is 12.4 Å². The van der Waals surface area contributed by atoms with E-state index in [1.54, 1.807) is 0 Å². The molecule has 0 bridgehead atoms. The van der Waals surface area contributed by atoms with Gasteiger partial charge >= 0.3 is 0 Å². The predicted octanol–water partition coefficient (Wildman–Crippen LogP) is 4.10. The fourth-order valence-corrected chi connectivity index (χ4v) is 3.00. The van der Waals surface area contributed by atoms with Gasteiger partial charge in [0.15, 0.2) is 6.61 Å². The molecule has 4 heteroatoms. The van der Waals surface area contributed by atoms with Crippen molar-refractivity contribution < 1.29 is 14.3 Å². The fraction of sp³-hybridized carbons (Fsp3) is 0.421. The first-order chi connectivity index (χ1) is 11.1. The summed E-state index contributed by atoms with van der Waals surface area (Å²) in [6.07, 6.45) is 2.43. The zero-order valence-corrected chi connectivity index (χ0v) is 14.0. The standard InChI is InChI=1S/C19H23NO3/c1-4-22-16-6-5-7-17(11-16)23-12-19(21)18-10-13(2)20(14(18)3)15-8-9-15/h5-7,10-11,15H,4,8-9,12H2,1-3H3. The van der Waals surface area contributed by atoms with E-state index in [0.717, 1.165) is 22.7 Å². The number of nitrogens with zero attached hydrogens (tertiary/aromatic N) is 1.